The minimum Gasteiger partial charge on any atom is -0.344 e. The monoisotopic (exact) mass is 369 g/mol. The molecule has 0 saturated heterocycles. The number of hydrogen-bond acceptors (Lipinski definition) is 1. The molecule has 0 unspecified atom stereocenters. The molecule has 134 valence electrons. The van der Waals surface area contributed by atoms with Gasteiger partial charge in [0.2, 0.25) is 0 Å². The van der Waals surface area contributed by atoms with Gasteiger partial charge in [0.05, 0.1) is 0 Å². The Labute approximate surface area is 163 Å². The van der Waals surface area contributed by atoms with Crippen molar-refractivity contribution in [2.24, 2.45) is 7.05 Å². The number of benzene rings is 3. The summed E-state index contributed by atoms with van der Waals surface area (Å²) in [5, 5.41) is 5.72. The lowest BCUT2D eigenvalue weighted by atomic mass is 9.83. The summed E-state index contributed by atoms with van der Waals surface area (Å²) >= 11 is 1.92. The molecule has 0 spiro atoms. The maximum atomic E-state index is 2.51. The molecule has 3 aromatic carbocycles. The van der Waals surface area contributed by atoms with Gasteiger partial charge in [0, 0.05) is 49.0 Å². The fourth-order valence-electron chi connectivity index (χ4n) is 5.22. The molecular formula is C25H23NS. The minimum atomic E-state index is 0.747. The first-order chi connectivity index (χ1) is 13.3. The van der Waals surface area contributed by atoms with Crippen molar-refractivity contribution in [1.29, 1.82) is 0 Å². The van der Waals surface area contributed by atoms with Gasteiger partial charge in [-0.25, -0.2) is 0 Å². The van der Waals surface area contributed by atoms with Crippen molar-refractivity contribution in [2.75, 3.05) is 0 Å². The maximum absolute atomic E-state index is 2.51. The summed E-state index contributed by atoms with van der Waals surface area (Å²) in [6, 6.07) is 20.8. The highest BCUT2D eigenvalue weighted by Crippen LogP contribution is 2.43. The molecule has 1 aliphatic carbocycles. The molecule has 0 N–H and O–H groups in total. The Kier molecular flexibility index (Phi) is 3.40. The van der Waals surface area contributed by atoms with E-state index in [-0.39, 0.29) is 0 Å². The van der Waals surface area contributed by atoms with Gasteiger partial charge in [0.15, 0.2) is 0 Å². The summed E-state index contributed by atoms with van der Waals surface area (Å²) in [5.41, 5.74) is 4.25. The second kappa shape index (κ2) is 5.84. The predicted octanol–water partition coefficient (Wildman–Crippen LogP) is 7.75. The predicted molar refractivity (Wildman–Crippen MR) is 119 cm³/mol. The van der Waals surface area contributed by atoms with Crippen LogP contribution in [0, 0.1) is 0 Å². The van der Waals surface area contributed by atoms with Crippen molar-refractivity contribution >= 4 is 53.3 Å². The highest BCUT2D eigenvalue weighted by atomic mass is 32.1. The van der Waals surface area contributed by atoms with Crippen molar-refractivity contribution in [3.63, 3.8) is 0 Å². The van der Waals surface area contributed by atoms with E-state index in [0.717, 1.165) is 5.92 Å². The number of nitrogens with zero attached hydrogens (tertiary/aromatic N) is 1. The van der Waals surface area contributed by atoms with E-state index < -0.39 is 0 Å². The van der Waals surface area contributed by atoms with Crippen LogP contribution in [0.3, 0.4) is 0 Å². The van der Waals surface area contributed by atoms with Crippen LogP contribution in [0.1, 0.15) is 43.6 Å². The Morgan fingerprint density at radius 2 is 1.59 bits per heavy atom. The van der Waals surface area contributed by atoms with E-state index in [1.807, 2.05) is 11.3 Å². The number of aromatic nitrogens is 1. The average molecular weight is 370 g/mol. The number of rotatable bonds is 1. The average Bonchev–Trinajstić information content (AvgIpc) is 3.24. The minimum absolute atomic E-state index is 0.747. The highest BCUT2D eigenvalue weighted by Gasteiger charge is 2.19. The Morgan fingerprint density at radius 1 is 0.778 bits per heavy atom. The van der Waals surface area contributed by atoms with Crippen LogP contribution in [0.2, 0.25) is 0 Å². The molecule has 1 saturated carbocycles. The molecule has 0 aliphatic heterocycles. The molecule has 1 fully saturated rings. The summed E-state index contributed by atoms with van der Waals surface area (Å²) in [7, 11) is 2.21. The lowest BCUT2D eigenvalue weighted by Crippen LogP contribution is -2.04. The van der Waals surface area contributed by atoms with Crippen LogP contribution >= 0.6 is 11.3 Å². The Balaban J connectivity index is 1.74. The highest BCUT2D eigenvalue weighted by molar-refractivity contribution is 7.26. The first-order valence-corrected chi connectivity index (χ1v) is 11.0. The van der Waals surface area contributed by atoms with Crippen molar-refractivity contribution < 1.29 is 0 Å². The standard InChI is InChI=1S/C25H23NS/c1-26-20-12-11-17(16-7-3-2-4-8-16)15-19(20)24-21(26)13-14-23-25(24)18-9-5-6-10-22(18)27-23/h5-6,9-16H,2-4,7-8H2,1H3. The summed E-state index contributed by atoms with van der Waals surface area (Å²) in [4.78, 5) is 0. The van der Waals surface area contributed by atoms with E-state index in [1.54, 1.807) is 5.56 Å². The Morgan fingerprint density at radius 3 is 2.48 bits per heavy atom. The van der Waals surface area contributed by atoms with Gasteiger partial charge in [-0.1, -0.05) is 43.5 Å². The molecule has 2 heterocycles. The van der Waals surface area contributed by atoms with Crippen molar-refractivity contribution in [1.82, 2.24) is 4.57 Å². The summed E-state index contributed by atoms with van der Waals surface area (Å²) in [6.45, 7) is 0. The number of thiophene rings is 1. The van der Waals surface area contributed by atoms with Crippen LogP contribution in [0.15, 0.2) is 54.6 Å². The maximum Gasteiger partial charge on any atom is 0.0496 e. The molecule has 1 nitrogen and oxygen atoms in total. The van der Waals surface area contributed by atoms with Crippen LogP contribution in [-0.4, -0.2) is 4.57 Å². The molecule has 6 rings (SSSR count). The quantitative estimate of drug-likeness (QED) is 0.285. The fraction of sp³-hybridized carbons (Fsp3) is 0.280. The molecule has 0 bridgehead atoms. The van der Waals surface area contributed by atoms with Gasteiger partial charge in [-0.3, -0.25) is 0 Å². The summed E-state index contributed by atoms with van der Waals surface area (Å²) < 4.78 is 5.17. The summed E-state index contributed by atoms with van der Waals surface area (Å²) in [5.74, 6) is 0.747. The van der Waals surface area contributed by atoms with E-state index in [2.05, 4.69) is 66.2 Å². The van der Waals surface area contributed by atoms with Crippen LogP contribution in [-0.2, 0) is 7.05 Å². The first-order valence-electron chi connectivity index (χ1n) is 10.1. The van der Waals surface area contributed by atoms with Gasteiger partial charge in [-0.2, -0.15) is 0 Å². The van der Waals surface area contributed by atoms with E-state index in [4.69, 9.17) is 0 Å². The van der Waals surface area contributed by atoms with Crippen LogP contribution < -0.4 is 0 Å². The van der Waals surface area contributed by atoms with Gasteiger partial charge in [-0.15, -0.1) is 11.3 Å². The van der Waals surface area contributed by atoms with E-state index in [0.29, 0.717) is 0 Å². The molecule has 0 atom stereocenters. The smallest absolute Gasteiger partial charge is 0.0496 e. The van der Waals surface area contributed by atoms with E-state index in [1.165, 1.54) is 74.1 Å². The van der Waals surface area contributed by atoms with Gasteiger partial charge >= 0.3 is 0 Å². The largest absolute Gasteiger partial charge is 0.344 e. The van der Waals surface area contributed by atoms with Crippen LogP contribution in [0.4, 0.5) is 0 Å². The number of hydrogen-bond donors (Lipinski definition) is 0. The third kappa shape index (κ3) is 2.23. The zero-order chi connectivity index (χ0) is 18.0. The topological polar surface area (TPSA) is 4.93 Å². The molecule has 0 radical (unpaired) electrons. The van der Waals surface area contributed by atoms with Crippen molar-refractivity contribution in [3.8, 4) is 0 Å². The molecule has 0 amide bonds. The van der Waals surface area contributed by atoms with Gasteiger partial charge in [0.25, 0.3) is 0 Å². The zero-order valence-corrected chi connectivity index (χ0v) is 16.5. The molecular weight excluding hydrogens is 346 g/mol. The Bertz CT molecular complexity index is 1310. The second-order valence-electron chi connectivity index (χ2n) is 8.10. The first kappa shape index (κ1) is 15.7. The van der Waals surface area contributed by atoms with Gasteiger partial charge < -0.3 is 4.57 Å². The van der Waals surface area contributed by atoms with Crippen LogP contribution in [0.5, 0.6) is 0 Å². The second-order valence-corrected chi connectivity index (χ2v) is 9.19. The number of aryl methyl sites for hydroxylation is 1. The van der Waals surface area contributed by atoms with Crippen molar-refractivity contribution in [3.05, 3.63) is 60.2 Å². The van der Waals surface area contributed by atoms with E-state index in [9.17, 15) is 0 Å². The van der Waals surface area contributed by atoms with Gasteiger partial charge in [-0.05, 0) is 54.7 Å². The van der Waals surface area contributed by atoms with Crippen molar-refractivity contribution in [2.45, 2.75) is 38.0 Å². The van der Waals surface area contributed by atoms with E-state index >= 15 is 0 Å². The van der Waals surface area contributed by atoms with Crippen LogP contribution in [0.25, 0.3) is 42.0 Å². The molecule has 2 aromatic heterocycles. The molecule has 2 heteroatoms. The van der Waals surface area contributed by atoms with Gasteiger partial charge in [0.1, 0.15) is 0 Å². The summed E-state index contributed by atoms with van der Waals surface area (Å²) in [6.07, 6.45) is 6.89. The third-order valence-electron chi connectivity index (χ3n) is 6.61. The number of fused-ring (bicyclic) bond motifs is 7. The Hall–Kier alpha value is -2.32. The fourth-order valence-corrected chi connectivity index (χ4v) is 6.34. The lowest BCUT2D eigenvalue weighted by Gasteiger charge is -2.22. The zero-order valence-electron chi connectivity index (χ0n) is 15.7. The molecule has 27 heavy (non-hydrogen) atoms. The molecule has 1 aliphatic rings. The normalized spacial score (nSPS) is 16.2. The lowest BCUT2D eigenvalue weighted by molar-refractivity contribution is 0.444. The molecule has 5 aromatic rings. The third-order valence-corrected chi connectivity index (χ3v) is 7.75. The SMILES string of the molecule is Cn1c2ccc(C3CCCCC3)cc2c2c3c(ccc21)sc1ccccc13.